The number of carbonyl (C=O) groups excluding carboxylic acids is 2. The van der Waals surface area contributed by atoms with E-state index in [2.05, 4.69) is 21.6 Å². The van der Waals surface area contributed by atoms with Gasteiger partial charge in [0.15, 0.2) is 0 Å². The number of rotatable bonds is 3. The summed E-state index contributed by atoms with van der Waals surface area (Å²) < 4.78 is 0. The van der Waals surface area contributed by atoms with Gasteiger partial charge in [-0.05, 0) is 48.9 Å². The van der Waals surface area contributed by atoms with E-state index in [1.807, 2.05) is 19.1 Å². The Bertz CT molecular complexity index is 830. The molecule has 3 amide bonds. The first-order valence-corrected chi connectivity index (χ1v) is 9.25. The zero-order chi connectivity index (χ0) is 19.4. The van der Waals surface area contributed by atoms with E-state index in [9.17, 15) is 9.59 Å². The van der Waals surface area contributed by atoms with Crippen molar-refractivity contribution in [2.45, 2.75) is 13.8 Å². The standard InChI is InChI=1S/C20H23ClN4O2/c1-14-18(21)4-3-5-19(14)24-10-12-25(13-11-24)20(27)23-17-8-6-16(7-9-17)22-15(2)26/h3-9H,10-13H2,1-2H3,(H,22,26)(H,23,27). The molecule has 1 fully saturated rings. The summed E-state index contributed by atoms with van der Waals surface area (Å²) in [7, 11) is 0. The van der Waals surface area contributed by atoms with Gasteiger partial charge in [-0.1, -0.05) is 17.7 Å². The maximum atomic E-state index is 12.5. The third-order valence-electron chi connectivity index (χ3n) is 4.60. The molecule has 1 aliphatic heterocycles. The molecule has 2 aromatic carbocycles. The molecule has 0 aliphatic carbocycles. The van der Waals surface area contributed by atoms with Crippen molar-refractivity contribution in [1.29, 1.82) is 0 Å². The number of anilines is 3. The SMILES string of the molecule is CC(=O)Nc1ccc(NC(=O)N2CCN(c3cccc(Cl)c3C)CC2)cc1. The summed E-state index contributed by atoms with van der Waals surface area (Å²) >= 11 is 6.22. The van der Waals surface area contributed by atoms with Crippen molar-refractivity contribution >= 4 is 40.6 Å². The van der Waals surface area contributed by atoms with Crippen LogP contribution in [0.4, 0.5) is 21.9 Å². The number of hydrogen-bond donors (Lipinski definition) is 2. The second-order valence-corrected chi connectivity index (χ2v) is 6.95. The highest BCUT2D eigenvalue weighted by Crippen LogP contribution is 2.27. The molecule has 0 unspecified atom stereocenters. The Hall–Kier alpha value is -2.73. The molecule has 27 heavy (non-hydrogen) atoms. The van der Waals surface area contributed by atoms with E-state index in [1.54, 1.807) is 29.2 Å². The van der Waals surface area contributed by atoms with Crippen LogP contribution in [0.1, 0.15) is 12.5 Å². The lowest BCUT2D eigenvalue weighted by Crippen LogP contribution is -2.50. The molecule has 1 aliphatic rings. The fraction of sp³-hybridized carbons (Fsp3) is 0.300. The number of amides is 3. The second kappa shape index (κ2) is 8.31. The van der Waals surface area contributed by atoms with Gasteiger partial charge >= 0.3 is 6.03 Å². The predicted octanol–water partition coefficient (Wildman–Crippen LogP) is 3.96. The first kappa shape index (κ1) is 19.0. The lowest BCUT2D eigenvalue weighted by molar-refractivity contribution is -0.114. The molecule has 0 saturated carbocycles. The van der Waals surface area contributed by atoms with Gasteiger partial charge in [0.2, 0.25) is 5.91 Å². The predicted molar refractivity (Wildman–Crippen MR) is 110 cm³/mol. The van der Waals surface area contributed by atoms with Gasteiger partial charge in [-0.2, -0.15) is 0 Å². The summed E-state index contributed by atoms with van der Waals surface area (Å²) in [5.41, 5.74) is 3.58. The maximum Gasteiger partial charge on any atom is 0.321 e. The Morgan fingerprint density at radius 2 is 1.52 bits per heavy atom. The van der Waals surface area contributed by atoms with Crippen molar-refractivity contribution in [1.82, 2.24) is 4.90 Å². The van der Waals surface area contributed by atoms with Gasteiger partial charge in [0.05, 0.1) is 0 Å². The van der Waals surface area contributed by atoms with E-state index in [0.29, 0.717) is 24.5 Å². The average Bonchev–Trinajstić information content (AvgIpc) is 2.65. The number of hydrogen-bond acceptors (Lipinski definition) is 3. The van der Waals surface area contributed by atoms with Crippen molar-refractivity contribution < 1.29 is 9.59 Å². The van der Waals surface area contributed by atoms with Gasteiger partial charge in [-0.3, -0.25) is 4.79 Å². The Labute approximate surface area is 164 Å². The molecule has 0 radical (unpaired) electrons. The van der Waals surface area contributed by atoms with E-state index < -0.39 is 0 Å². The van der Waals surface area contributed by atoms with E-state index in [-0.39, 0.29) is 11.9 Å². The number of nitrogens with zero attached hydrogens (tertiary/aromatic N) is 2. The molecule has 6 nitrogen and oxygen atoms in total. The smallest absolute Gasteiger partial charge is 0.321 e. The number of nitrogens with one attached hydrogen (secondary N) is 2. The van der Waals surface area contributed by atoms with Crippen LogP contribution >= 0.6 is 11.6 Å². The summed E-state index contributed by atoms with van der Waals surface area (Å²) in [5, 5.41) is 6.36. The first-order chi connectivity index (χ1) is 12.9. The molecule has 142 valence electrons. The summed E-state index contributed by atoms with van der Waals surface area (Å²) in [5.74, 6) is -0.125. The number of benzene rings is 2. The van der Waals surface area contributed by atoms with Gasteiger partial charge in [-0.15, -0.1) is 0 Å². The van der Waals surface area contributed by atoms with Crippen LogP contribution in [0.2, 0.25) is 5.02 Å². The van der Waals surface area contributed by atoms with Gasteiger partial charge in [-0.25, -0.2) is 4.79 Å². The third kappa shape index (κ3) is 4.71. The van der Waals surface area contributed by atoms with Crippen LogP contribution < -0.4 is 15.5 Å². The zero-order valence-electron chi connectivity index (χ0n) is 15.5. The van der Waals surface area contributed by atoms with E-state index in [4.69, 9.17) is 11.6 Å². The normalized spacial score (nSPS) is 14.0. The van der Waals surface area contributed by atoms with Gasteiger partial charge in [0, 0.05) is 55.2 Å². The fourth-order valence-electron chi connectivity index (χ4n) is 3.13. The van der Waals surface area contributed by atoms with Crippen molar-refractivity contribution in [3.63, 3.8) is 0 Å². The number of halogens is 1. The van der Waals surface area contributed by atoms with Crippen LogP contribution in [0.25, 0.3) is 0 Å². The minimum absolute atomic E-state index is 0.121. The highest BCUT2D eigenvalue weighted by molar-refractivity contribution is 6.31. The number of piperazine rings is 1. The number of carbonyl (C=O) groups is 2. The molecule has 2 aromatic rings. The van der Waals surface area contributed by atoms with E-state index in [1.165, 1.54) is 6.92 Å². The summed E-state index contributed by atoms with van der Waals surface area (Å²) in [6.45, 7) is 6.28. The van der Waals surface area contributed by atoms with Crippen LogP contribution in [0, 0.1) is 6.92 Å². The third-order valence-corrected chi connectivity index (χ3v) is 5.01. The molecule has 1 saturated heterocycles. The van der Waals surface area contributed by atoms with E-state index in [0.717, 1.165) is 29.4 Å². The van der Waals surface area contributed by atoms with Crippen molar-refractivity contribution in [3.05, 3.63) is 53.1 Å². The van der Waals surface area contributed by atoms with Gasteiger partial charge < -0.3 is 20.4 Å². The van der Waals surface area contributed by atoms with Crippen molar-refractivity contribution in [2.75, 3.05) is 41.7 Å². The Morgan fingerprint density at radius 1 is 0.926 bits per heavy atom. The van der Waals surface area contributed by atoms with Crippen LogP contribution in [0.5, 0.6) is 0 Å². The lowest BCUT2D eigenvalue weighted by atomic mass is 10.1. The molecular weight excluding hydrogens is 364 g/mol. The highest BCUT2D eigenvalue weighted by Gasteiger charge is 2.22. The fourth-order valence-corrected chi connectivity index (χ4v) is 3.30. The molecule has 0 atom stereocenters. The summed E-state index contributed by atoms with van der Waals surface area (Å²) in [6.07, 6.45) is 0. The highest BCUT2D eigenvalue weighted by atomic mass is 35.5. The summed E-state index contributed by atoms with van der Waals surface area (Å²) in [4.78, 5) is 27.6. The number of urea groups is 1. The van der Waals surface area contributed by atoms with Crippen molar-refractivity contribution in [3.8, 4) is 0 Å². The summed E-state index contributed by atoms with van der Waals surface area (Å²) in [6, 6.07) is 12.9. The molecule has 7 heteroatoms. The topological polar surface area (TPSA) is 64.7 Å². The monoisotopic (exact) mass is 386 g/mol. The quantitative estimate of drug-likeness (QED) is 0.839. The second-order valence-electron chi connectivity index (χ2n) is 6.55. The molecule has 0 aromatic heterocycles. The molecule has 3 rings (SSSR count). The van der Waals surface area contributed by atoms with Gasteiger partial charge in [0.25, 0.3) is 0 Å². The minimum Gasteiger partial charge on any atom is -0.368 e. The Kier molecular flexibility index (Phi) is 5.86. The Morgan fingerprint density at radius 3 is 2.11 bits per heavy atom. The van der Waals surface area contributed by atoms with Gasteiger partial charge in [0.1, 0.15) is 0 Å². The molecule has 0 spiro atoms. The maximum absolute atomic E-state index is 12.5. The van der Waals surface area contributed by atoms with E-state index >= 15 is 0 Å². The van der Waals surface area contributed by atoms with Crippen LogP contribution in [0.15, 0.2) is 42.5 Å². The molecule has 1 heterocycles. The van der Waals surface area contributed by atoms with Crippen LogP contribution in [0.3, 0.4) is 0 Å². The molecule has 0 bridgehead atoms. The first-order valence-electron chi connectivity index (χ1n) is 8.87. The van der Waals surface area contributed by atoms with Crippen LogP contribution in [-0.2, 0) is 4.79 Å². The molecular formula is C20H23ClN4O2. The zero-order valence-corrected chi connectivity index (χ0v) is 16.2. The molecule has 2 N–H and O–H groups in total. The minimum atomic E-state index is -0.125. The lowest BCUT2D eigenvalue weighted by Gasteiger charge is -2.36. The average molecular weight is 387 g/mol. The van der Waals surface area contributed by atoms with Crippen molar-refractivity contribution in [2.24, 2.45) is 0 Å². The Balaban J connectivity index is 1.55. The van der Waals surface area contributed by atoms with Crippen LogP contribution in [-0.4, -0.2) is 43.0 Å². The largest absolute Gasteiger partial charge is 0.368 e.